The van der Waals surface area contributed by atoms with Crippen molar-refractivity contribution in [2.24, 2.45) is 11.3 Å². The van der Waals surface area contributed by atoms with Crippen molar-refractivity contribution in [1.82, 2.24) is 0 Å². The van der Waals surface area contributed by atoms with Gasteiger partial charge >= 0.3 is 0 Å². The zero-order chi connectivity index (χ0) is 19.4. The van der Waals surface area contributed by atoms with Crippen molar-refractivity contribution in [2.75, 3.05) is 0 Å². The molecule has 1 heteroatoms. The fourth-order valence-electron chi connectivity index (χ4n) is 5.88. The summed E-state index contributed by atoms with van der Waals surface area (Å²) in [6.07, 6.45) is 10.4. The second-order valence-corrected chi connectivity index (χ2v) is 8.89. The topological polar surface area (TPSA) is 20.2 Å². The molecule has 2 aliphatic rings. The van der Waals surface area contributed by atoms with E-state index in [1.54, 1.807) is 11.1 Å². The number of rotatable bonds is 8. The summed E-state index contributed by atoms with van der Waals surface area (Å²) in [6, 6.07) is 22.0. The SMILES string of the molecule is CCCCCCC1=C(c2ccccc2)[C@]2(Cc3ccccc3)CC[C@@H](O)C2C1. The number of hydrogen-bond acceptors (Lipinski definition) is 1. The van der Waals surface area contributed by atoms with Gasteiger partial charge in [-0.15, -0.1) is 0 Å². The molecule has 0 aliphatic heterocycles. The molecule has 1 N–H and O–H groups in total. The summed E-state index contributed by atoms with van der Waals surface area (Å²) in [7, 11) is 0. The van der Waals surface area contributed by atoms with Crippen LogP contribution in [0, 0.1) is 11.3 Å². The van der Waals surface area contributed by atoms with Crippen LogP contribution in [0.1, 0.15) is 69.4 Å². The molecular formula is C27H34O. The normalized spacial score (nSPS) is 26.6. The number of fused-ring (bicyclic) bond motifs is 1. The molecule has 3 atom stereocenters. The molecular weight excluding hydrogens is 340 g/mol. The Bertz CT molecular complexity index is 792. The number of unbranched alkanes of at least 4 members (excludes halogenated alkanes) is 3. The molecule has 1 nitrogen and oxygen atoms in total. The van der Waals surface area contributed by atoms with Crippen LogP contribution in [0.3, 0.4) is 0 Å². The number of aliphatic hydroxyl groups is 1. The molecule has 4 rings (SSSR count). The molecule has 0 bridgehead atoms. The standard InChI is InChI=1S/C27H34O/c1-2-3-4-9-16-23-19-24-25(28)17-18-27(24,20-21-12-7-5-8-13-21)26(23)22-14-10-6-11-15-22/h5-8,10-15,24-25,28H,2-4,9,16-20H2,1H3/t24?,25-,27+/m1/s1. The smallest absolute Gasteiger partial charge is 0.0580 e. The second kappa shape index (κ2) is 8.66. The Balaban J connectivity index is 1.73. The summed E-state index contributed by atoms with van der Waals surface area (Å²) in [6.45, 7) is 2.28. The molecule has 2 aliphatic carbocycles. The van der Waals surface area contributed by atoms with Gasteiger partial charge in [0.1, 0.15) is 0 Å². The van der Waals surface area contributed by atoms with Crippen LogP contribution < -0.4 is 0 Å². The first-order valence-electron chi connectivity index (χ1n) is 11.2. The highest BCUT2D eigenvalue weighted by Gasteiger charge is 2.54. The predicted molar refractivity (Wildman–Crippen MR) is 118 cm³/mol. The summed E-state index contributed by atoms with van der Waals surface area (Å²) < 4.78 is 0. The van der Waals surface area contributed by atoms with E-state index < -0.39 is 0 Å². The molecule has 0 aromatic heterocycles. The van der Waals surface area contributed by atoms with E-state index in [2.05, 4.69) is 67.6 Å². The number of allylic oxidation sites excluding steroid dienone is 2. The van der Waals surface area contributed by atoms with E-state index in [0.29, 0.717) is 5.92 Å². The molecule has 0 heterocycles. The second-order valence-electron chi connectivity index (χ2n) is 8.89. The van der Waals surface area contributed by atoms with Gasteiger partial charge in [0.05, 0.1) is 6.10 Å². The third-order valence-electron chi connectivity index (χ3n) is 7.14. The lowest BCUT2D eigenvalue weighted by Crippen LogP contribution is -2.30. The fourth-order valence-corrected chi connectivity index (χ4v) is 5.88. The lowest BCUT2D eigenvalue weighted by Gasteiger charge is -2.34. The van der Waals surface area contributed by atoms with E-state index in [-0.39, 0.29) is 11.5 Å². The van der Waals surface area contributed by atoms with Gasteiger partial charge in [0.15, 0.2) is 0 Å². The Morgan fingerprint density at radius 2 is 1.64 bits per heavy atom. The summed E-state index contributed by atoms with van der Waals surface area (Å²) in [4.78, 5) is 0. The van der Waals surface area contributed by atoms with Gasteiger partial charge in [0, 0.05) is 5.41 Å². The summed E-state index contributed by atoms with van der Waals surface area (Å²) in [5.74, 6) is 0.379. The maximum absolute atomic E-state index is 10.9. The van der Waals surface area contributed by atoms with Crippen LogP contribution in [0.5, 0.6) is 0 Å². The van der Waals surface area contributed by atoms with E-state index in [1.807, 2.05) is 0 Å². The van der Waals surface area contributed by atoms with Crippen molar-refractivity contribution in [3.63, 3.8) is 0 Å². The van der Waals surface area contributed by atoms with Crippen molar-refractivity contribution < 1.29 is 5.11 Å². The van der Waals surface area contributed by atoms with Crippen molar-refractivity contribution >= 4 is 5.57 Å². The third kappa shape index (κ3) is 3.70. The highest BCUT2D eigenvalue weighted by Crippen LogP contribution is 2.62. The van der Waals surface area contributed by atoms with Crippen LogP contribution in [-0.4, -0.2) is 11.2 Å². The molecule has 1 saturated carbocycles. The van der Waals surface area contributed by atoms with Gasteiger partial charge in [-0.2, -0.15) is 0 Å². The van der Waals surface area contributed by atoms with Crippen LogP contribution in [-0.2, 0) is 6.42 Å². The molecule has 0 saturated heterocycles. The van der Waals surface area contributed by atoms with Gasteiger partial charge in [-0.1, -0.05) is 92.4 Å². The van der Waals surface area contributed by atoms with Crippen LogP contribution >= 0.6 is 0 Å². The van der Waals surface area contributed by atoms with E-state index in [9.17, 15) is 5.11 Å². The quantitative estimate of drug-likeness (QED) is 0.503. The first kappa shape index (κ1) is 19.5. The highest BCUT2D eigenvalue weighted by atomic mass is 16.3. The van der Waals surface area contributed by atoms with Crippen molar-refractivity contribution in [3.05, 3.63) is 77.4 Å². The average molecular weight is 375 g/mol. The molecule has 0 radical (unpaired) electrons. The maximum Gasteiger partial charge on any atom is 0.0580 e. The third-order valence-corrected chi connectivity index (χ3v) is 7.14. The van der Waals surface area contributed by atoms with Gasteiger partial charge in [-0.05, 0) is 61.1 Å². The summed E-state index contributed by atoms with van der Waals surface area (Å²) >= 11 is 0. The van der Waals surface area contributed by atoms with E-state index >= 15 is 0 Å². The van der Waals surface area contributed by atoms with Gasteiger partial charge in [0.2, 0.25) is 0 Å². The number of benzene rings is 2. The van der Waals surface area contributed by atoms with Gasteiger partial charge < -0.3 is 5.11 Å². The average Bonchev–Trinajstić information content (AvgIpc) is 3.20. The van der Waals surface area contributed by atoms with Gasteiger partial charge in [-0.3, -0.25) is 0 Å². The zero-order valence-electron chi connectivity index (χ0n) is 17.2. The maximum atomic E-state index is 10.9. The van der Waals surface area contributed by atoms with E-state index in [1.165, 1.54) is 43.2 Å². The minimum absolute atomic E-state index is 0.0994. The minimum Gasteiger partial charge on any atom is -0.393 e. The molecule has 2 aromatic rings. The van der Waals surface area contributed by atoms with Gasteiger partial charge in [0.25, 0.3) is 0 Å². The molecule has 28 heavy (non-hydrogen) atoms. The van der Waals surface area contributed by atoms with Crippen LogP contribution in [0.2, 0.25) is 0 Å². The van der Waals surface area contributed by atoms with Crippen molar-refractivity contribution in [3.8, 4) is 0 Å². The Morgan fingerprint density at radius 3 is 2.36 bits per heavy atom. The Hall–Kier alpha value is -1.86. The lowest BCUT2D eigenvalue weighted by atomic mass is 9.69. The number of aliphatic hydroxyl groups excluding tert-OH is 1. The monoisotopic (exact) mass is 374 g/mol. The zero-order valence-corrected chi connectivity index (χ0v) is 17.2. The summed E-state index contributed by atoms with van der Waals surface area (Å²) in [5, 5.41) is 10.9. The predicted octanol–water partition coefficient (Wildman–Crippen LogP) is 6.81. The molecule has 2 aromatic carbocycles. The van der Waals surface area contributed by atoms with Gasteiger partial charge in [-0.25, -0.2) is 0 Å². The van der Waals surface area contributed by atoms with Crippen LogP contribution in [0.25, 0.3) is 5.57 Å². The van der Waals surface area contributed by atoms with Crippen LogP contribution in [0.4, 0.5) is 0 Å². The first-order chi connectivity index (χ1) is 13.7. The molecule has 148 valence electrons. The highest BCUT2D eigenvalue weighted by molar-refractivity contribution is 5.77. The Morgan fingerprint density at radius 1 is 0.929 bits per heavy atom. The number of hydrogen-bond donors (Lipinski definition) is 1. The molecule has 1 unspecified atom stereocenters. The summed E-state index contributed by atoms with van der Waals surface area (Å²) in [5.41, 5.74) is 6.10. The molecule has 1 fully saturated rings. The molecule has 0 spiro atoms. The Kier molecular flexibility index (Phi) is 6.01. The van der Waals surface area contributed by atoms with E-state index in [0.717, 1.165) is 25.7 Å². The lowest BCUT2D eigenvalue weighted by molar-refractivity contribution is 0.107. The van der Waals surface area contributed by atoms with Crippen molar-refractivity contribution in [2.45, 2.75) is 70.8 Å². The first-order valence-corrected chi connectivity index (χ1v) is 11.2. The van der Waals surface area contributed by atoms with E-state index in [4.69, 9.17) is 0 Å². The Labute approximate surface area is 170 Å². The van der Waals surface area contributed by atoms with Crippen LogP contribution in [0.15, 0.2) is 66.2 Å². The van der Waals surface area contributed by atoms with Crippen molar-refractivity contribution in [1.29, 1.82) is 0 Å². The fraction of sp³-hybridized carbons (Fsp3) is 0.481. The molecule has 0 amide bonds. The minimum atomic E-state index is -0.157. The largest absolute Gasteiger partial charge is 0.393 e.